The van der Waals surface area contributed by atoms with Gasteiger partial charge in [0.05, 0.1) is 18.2 Å². The predicted molar refractivity (Wildman–Crippen MR) is 301 cm³/mol. The van der Waals surface area contributed by atoms with Gasteiger partial charge in [-0.25, -0.2) is 4.79 Å². The molecule has 26 nitrogen and oxygen atoms in total. The van der Waals surface area contributed by atoms with Crippen molar-refractivity contribution >= 4 is 91.7 Å². The predicted octanol–water partition coefficient (Wildman–Crippen LogP) is -0.826. The van der Waals surface area contributed by atoms with E-state index in [1.54, 1.807) is 42.6 Å². The van der Waals surface area contributed by atoms with Gasteiger partial charge in [0, 0.05) is 55.3 Å². The Bertz CT molecular complexity index is 2730. The fourth-order valence-electron chi connectivity index (χ4n) is 7.79. The number of carboxylic acids is 3. The number of aromatic hydroxyl groups is 1. The number of aliphatic hydroxyl groups excluding tert-OH is 2. The molecule has 1 aromatic heterocycles. The zero-order chi connectivity index (χ0) is 60.3. The molecule has 0 spiro atoms. The van der Waals surface area contributed by atoms with Crippen LogP contribution in [0.5, 0.6) is 5.75 Å². The molecular formula is C53H72N10O16S2. The van der Waals surface area contributed by atoms with Crippen LogP contribution in [0.4, 0.5) is 0 Å². The van der Waals surface area contributed by atoms with E-state index in [9.17, 15) is 58.8 Å². The number of rotatable bonds is 17. The molecule has 5 rings (SSSR count). The van der Waals surface area contributed by atoms with Crippen LogP contribution in [-0.4, -0.2) is 173 Å². The first-order chi connectivity index (χ1) is 38.3. The van der Waals surface area contributed by atoms with Crippen LogP contribution in [-0.2, 0) is 67.2 Å². The highest BCUT2D eigenvalue weighted by Crippen LogP contribution is 2.25. The van der Waals surface area contributed by atoms with Crippen LogP contribution in [0.25, 0.3) is 10.9 Å². The van der Waals surface area contributed by atoms with Gasteiger partial charge in [-0.05, 0) is 81.0 Å². The topological polar surface area (TPSA) is 444 Å². The molecule has 4 aromatic rings. The number of amides is 7. The third-order valence-electron chi connectivity index (χ3n) is 11.9. The number of aromatic nitrogens is 1. The second-order valence-corrected chi connectivity index (χ2v) is 21.3. The number of hydrogen-bond donors (Lipinski definition) is 16. The highest BCUT2D eigenvalue weighted by Gasteiger charge is 2.37. The first-order valence-electron chi connectivity index (χ1n) is 25.5. The second kappa shape index (κ2) is 34.4. The Labute approximate surface area is 474 Å². The standard InChI is InChI=1S/C49H64N10O12S2.2C2H4O2/c1-26(60)40-48(69)57-39(47(68)59-41(27(2)61)49(70)71)25-73-72-24-38(56-42(63)33(51)20-28-10-4-3-5-11-28)46(67)54-36(21-29-15-17-31(62)18-16-29)44(65)55-37(22-30-23-52-34-13-7-6-12-32(30)34)45(66)53-35(43(64)58-40)14-8-9-19-50;2*1-2(3)4/h3-7,10-13,15-18,23,26-27,33,35-41,52,60-62H,8-9,14,19-22,24-25,50-51H2,1-2H3,(H,53,66)(H,54,67)(H,55,65)(H,56,63)(H,57,69)(H,58,64)(H,59,68)(H,70,71);2*1H3,(H,3,4)/t26-,27-,33-,35?,36+,37-,38?,39+,40+,41+;;/m1../s1. The number of nitrogens with two attached hydrogens (primary N) is 2. The maximum atomic E-state index is 14.7. The van der Waals surface area contributed by atoms with Gasteiger partial charge in [0.1, 0.15) is 42.0 Å². The largest absolute Gasteiger partial charge is 0.508 e. The van der Waals surface area contributed by atoms with Crippen molar-refractivity contribution in [3.63, 3.8) is 0 Å². The molecule has 0 bridgehead atoms. The van der Waals surface area contributed by atoms with Gasteiger partial charge in [-0.1, -0.05) is 82.3 Å². The molecule has 1 saturated heterocycles. The summed E-state index contributed by atoms with van der Waals surface area (Å²) in [6.45, 7) is 4.73. The molecule has 3 aromatic carbocycles. The maximum Gasteiger partial charge on any atom is 0.328 e. The summed E-state index contributed by atoms with van der Waals surface area (Å²) in [5.41, 5.74) is 14.7. The minimum atomic E-state index is -1.82. The van der Waals surface area contributed by atoms with Crippen molar-refractivity contribution in [2.45, 2.75) is 127 Å². The number of phenolic OH excluding ortho intramolecular Hbond substituents is 1. The number of phenols is 1. The number of aliphatic carboxylic acids is 3. The lowest BCUT2D eigenvalue weighted by atomic mass is 10.0. The average Bonchev–Trinajstić information content (AvgIpc) is 3.82. The molecule has 0 radical (unpaired) electrons. The van der Waals surface area contributed by atoms with E-state index in [1.807, 2.05) is 18.2 Å². The molecule has 0 saturated carbocycles. The molecule has 7 amide bonds. The number of carbonyl (C=O) groups excluding carboxylic acids is 7. The Morgan fingerprint density at radius 1 is 0.679 bits per heavy atom. The normalized spacial score (nSPS) is 20.9. The Balaban J connectivity index is 0.00000201. The minimum absolute atomic E-state index is 0.0207. The molecule has 442 valence electrons. The van der Waals surface area contributed by atoms with E-state index in [1.165, 1.54) is 31.2 Å². The highest BCUT2D eigenvalue weighted by atomic mass is 33.1. The number of aromatic amines is 1. The van der Waals surface area contributed by atoms with Crippen LogP contribution < -0.4 is 48.7 Å². The number of carboxylic acid groups (broad SMARTS) is 3. The van der Waals surface area contributed by atoms with E-state index < -0.39 is 120 Å². The average molecular weight is 1170 g/mol. The van der Waals surface area contributed by atoms with Crippen molar-refractivity contribution in [3.05, 3.63) is 102 Å². The van der Waals surface area contributed by atoms with Crippen LogP contribution in [0.15, 0.2) is 85.1 Å². The first-order valence-corrected chi connectivity index (χ1v) is 28.0. The van der Waals surface area contributed by atoms with Gasteiger partial charge in [0.2, 0.25) is 41.4 Å². The van der Waals surface area contributed by atoms with Gasteiger partial charge >= 0.3 is 5.97 Å². The summed E-state index contributed by atoms with van der Waals surface area (Å²) in [6, 6.07) is 9.98. The number of hydrogen-bond acceptors (Lipinski definition) is 17. The summed E-state index contributed by atoms with van der Waals surface area (Å²) in [5, 5.41) is 74.4. The van der Waals surface area contributed by atoms with Gasteiger partial charge < -0.3 is 84.3 Å². The summed E-state index contributed by atoms with van der Waals surface area (Å²) in [6.07, 6.45) is -1.03. The fourth-order valence-corrected chi connectivity index (χ4v) is 10.1. The number of carbonyl (C=O) groups is 10. The number of para-hydroxylation sites is 1. The number of nitrogens with one attached hydrogen (secondary N) is 8. The monoisotopic (exact) mass is 1170 g/mol. The third kappa shape index (κ3) is 23.9. The van der Waals surface area contributed by atoms with Gasteiger partial charge in [-0.3, -0.25) is 43.2 Å². The van der Waals surface area contributed by atoms with E-state index in [2.05, 4.69) is 42.2 Å². The van der Waals surface area contributed by atoms with Crippen LogP contribution >= 0.6 is 21.6 Å². The molecule has 2 heterocycles. The zero-order valence-electron chi connectivity index (χ0n) is 45.0. The highest BCUT2D eigenvalue weighted by molar-refractivity contribution is 8.76. The molecule has 1 aliphatic heterocycles. The molecule has 81 heavy (non-hydrogen) atoms. The van der Waals surface area contributed by atoms with E-state index in [-0.39, 0.29) is 49.5 Å². The lowest BCUT2D eigenvalue weighted by Crippen LogP contribution is -2.62. The second-order valence-electron chi connectivity index (χ2n) is 18.7. The van der Waals surface area contributed by atoms with Crippen molar-refractivity contribution in [1.29, 1.82) is 0 Å². The van der Waals surface area contributed by atoms with E-state index >= 15 is 0 Å². The zero-order valence-corrected chi connectivity index (χ0v) is 46.6. The summed E-state index contributed by atoms with van der Waals surface area (Å²) < 4.78 is 0. The summed E-state index contributed by atoms with van der Waals surface area (Å²) in [7, 11) is 1.86. The smallest absolute Gasteiger partial charge is 0.328 e. The van der Waals surface area contributed by atoms with Crippen molar-refractivity contribution < 1.29 is 78.6 Å². The van der Waals surface area contributed by atoms with Crippen LogP contribution in [0.3, 0.4) is 0 Å². The van der Waals surface area contributed by atoms with Gasteiger partial charge in [-0.15, -0.1) is 0 Å². The number of fused-ring (bicyclic) bond motifs is 1. The van der Waals surface area contributed by atoms with Crippen LogP contribution in [0, 0.1) is 0 Å². The summed E-state index contributed by atoms with van der Waals surface area (Å²) in [4.78, 5) is 133. The van der Waals surface area contributed by atoms with E-state index in [4.69, 9.17) is 31.3 Å². The quantitative estimate of drug-likeness (QED) is 0.0453. The Kier molecular flexibility index (Phi) is 28.7. The molecule has 2 unspecified atom stereocenters. The molecule has 18 N–H and O–H groups in total. The lowest BCUT2D eigenvalue weighted by molar-refractivity contribution is -0.145. The third-order valence-corrected chi connectivity index (χ3v) is 14.3. The summed E-state index contributed by atoms with van der Waals surface area (Å²) in [5.74, 6) is -10.3. The number of benzene rings is 3. The number of H-pyrrole nitrogens is 1. The molecule has 28 heteroatoms. The first kappa shape index (κ1) is 67.5. The van der Waals surface area contributed by atoms with Crippen LogP contribution in [0.2, 0.25) is 0 Å². The molecule has 1 aliphatic rings. The lowest BCUT2D eigenvalue weighted by Gasteiger charge is -2.29. The van der Waals surface area contributed by atoms with Crippen molar-refractivity contribution in [2.24, 2.45) is 11.5 Å². The molecule has 0 aliphatic carbocycles. The molecular weight excluding hydrogens is 1100 g/mol. The Morgan fingerprint density at radius 2 is 1.23 bits per heavy atom. The van der Waals surface area contributed by atoms with Crippen molar-refractivity contribution in [1.82, 2.24) is 42.2 Å². The van der Waals surface area contributed by atoms with E-state index in [0.717, 1.165) is 58.8 Å². The van der Waals surface area contributed by atoms with Crippen LogP contribution in [0.1, 0.15) is 63.6 Å². The Hall–Kier alpha value is -7.76. The minimum Gasteiger partial charge on any atom is -0.508 e. The molecule has 10 atom stereocenters. The maximum absolute atomic E-state index is 14.7. The van der Waals surface area contributed by atoms with Gasteiger partial charge in [-0.2, -0.15) is 0 Å². The van der Waals surface area contributed by atoms with Gasteiger partial charge in [0.25, 0.3) is 11.9 Å². The number of unbranched alkanes of at least 4 members (excludes halogenated alkanes) is 1. The Morgan fingerprint density at radius 3 is 1.83 bits per heavy atom. The fraction of sp³-hybridized carbons (Fsp3) is 0.434. The SMILES string of the molecule is CC(=O)O.CC(=O)O.C[C@@H](O)[C@H](NC(=O)[C@@H]1CSSCC(NC(=O)[C@H](N)Cc2ccccc2)C(=O)N[C@@H](Cc2ccc(O)cc2)C(=O)N[C@H](Cc2c[nH]c3ccccc23)C(=O)NC(CCCCN)C(=O)N[C@@H]([C@@H](C)O)C(=O)N1)C(=O)O. The summed E-state index contributed by atoms with van der Waals surface area (Å²) >= 11 is 0. The number of aliphatic hydroxyl groups is 2. The van der Waals surface area contributed by atoms with E-state index in [0.29, 0.717) is 24.0 Å². The van der Waals surface area contributed by atoms with Crippen molar-refractivity contribution in [3.8, 4) is 5.75 Å². The van der Waals surface area contributed by atoms with Gasteiger partial charge in [0.15, 0.2) is 6.04 Å². The molecule has 1 fully saturated rings. The van der Waals surface area contributed by atoms with Crippen molar-refractivity contribution in [2.75, 3.05) is 18.1 Å².